The van der Waals surface area contributed by atoms with Crippen LogP contribution in [0.15, 0.2) is 54.6 Å². The van der Waals surface area contributed by atoms with Crippen LogP contribution >= 0.6 is 0 Å². The molecule has 2 rings (SSSR count). The molecule has 0 N–H and O–H groups in total. The van der Waals surface area contributed by atoms with Gasteiger partial charge in [-0.3, -0.25) is 0 Å². The van der Waals surface area contributed by atoms with E-state index in [0.29, 0.717) is 12.4 Å². The van der Waals surface area contributed by atoms with Gasteiger partial charge in [0.05, 0.1) is 6.61 Å². The highest BCUT2D eigenvalue weighted by Gasteiger charge is 2.06. The molecule has 0 aromatic heterocycles. The highest BCUT2D eigenvalue weighted by Crippen LogP contribution is 2.15. The number of aryl methyl sites for hydroxylation is 2. The van der Waals surface area contributed by atoms with E-state index in [0.717, 1.165) is 25.7 Å². The predicted octanol–water partition coefficient (Wildman–Crippen LogP) is 6.35. The minimum absolute atomic E-state index is 0.390. The Morgan fingerprint density at radius 3 is 2.12 bits per heavy atom. The lowest BCUT2D eigenvalue weighted by Crippen LogP contribution is -2.11. The number of rotatable bonds is 11. The molecule has 2 aromatic carbocycles. The van der Waals surface area contributed by atoms with Crippen molar-refractivity contribution in [1.29, 1.82) is 0 Å². The Kier molecular flexibility index (Phi) is 9.34. The number of benzene rings is 2. The number of ether oxygens (including phenoxy) is 2. The van der Waals surface area contributed by atoms with Crippen molar-refractivity contribution in [2.75, 3.05) is 6.61 Å². The normalized spacial score (nSPS) is 10.5. The standard InChI is InChI=1S/C23H30O3/c1-2-3-4-6-13-21-15-17-22(18-16-21)26-23(24)25-19-10-9-14-20-11-7-5-8-12-20/h5,7-8,11-12,15-18H,2-4,6,9-10,13-14,19H2,1H3. The summed E-state index contributed by atoms with van der Waals surface area (Å²) in [5, 5.41) is 0. The Morgan fingerprint density at radius 2 is 1.42 bits per heavy atom. The maximum Gasteiger partial charge on any atom is 0.513 e. The lowest BCUT2D eigenvalue weighted by molar-refractivity contribution is 0.0975. The molecule has 0 unspecified atom stereocenters. The molecular formula is C23H30O3. The molecule has 0 fully saturated rings. The van der Waals surface area contributed by atoms with Gasteiger partial charge in [-0.05, 0) is 55.4 Å². The zero-order chi connectivity index (χ0) is 18.5. The van der Waals surface area contributed by atoms with E-state index in [1.54, 1.807) is 0 Å². The van der Waals surface area contributed by atoms with Crippen LogP contribution in [-0.2, 0) is 17.6 Å². The lowest BCUT2D eigenvalue weighted by Gasteiger charge is -2.07. The molecule has 0 radical (unpaired) electrons. The van der Waals surface area contributed by atoms with E-state index in [1.807, 2.05) is 42.5 Å². The Bertz CT molecular complexity index is 620. The van der Waals surface area contributed by atoms with E-state index in [2.05, 4.69) is 19.1 Å². The van der Waals surface area contributed by atoms with Crippen LogP contribution in [0.25, 0.3) is 0 Å². The Morgan fingerprint density at radius 1 is 0.769 bits per heavy atom. The second-order valence-corrected chi connectivity index (χ2v) is 6.60. The molecule has 26 heavy (non-hydrogen) atoms. The molecule has 0 heterocycles. The van der Waals surface area contributed by atoms with Crippen LogP contribution in [0.4, 0.5) is 4.79 Å². The summed E-state index contributed by atoms with van der Waals surface area (Å²) in [5.41, 5.74) is 2.59. The van der Waals surface area contributed by atoms with Crippen LogP contribution in [0.2, 0.25) is 0 Å². The van der Waals surface area contributed by atoms with Crippen LogP contribution in [0.3, 0.4) is 0 Å². The highest BCUT2D eigenvalue weighted by molar-refractivity contribution is 5.63. The Balaban J connectivity index is 1.58. The predicted molar refractivity (Wildman–Crippen MR) is 106 cm³/mol. The van der Waals surface area contributed by atoms with E-state index in [-0.39, 0.29) is 0 Å². The third kappa shape index (κ3) is 8.19. The molecule has 2 aromatic rings. The summed E-state index contributed by atoms with van der Waals surface area (Å²) in [6.45, 7) is 2.61. The van der Waals surface area contributed by atoms with Gasteiger partial charge in [0.25, 0.3) is 0 Å². The highest BCUT2D eigenvalue weighted by atomic mass is 16.7. The number of carbonyl (C=O) groups is 1. The smallest absolute Gasteiger partial charge is 0.434 e. The van der Waals surface area contributed by atoms with Crippen molar-refractivity contribution >= 4 is 6.16 Å². The first-order chi connectivity index (χ1) is 12.8. The number of unbranched alkanes of at least 4 members (excludes halogenated alkanes) is 4. The Labute approximate surface area is 157 Å². The zero-order valence-electron chi connectivity index (χ0n) is 15.8. The largest absolute Gasteiger partial charge is 0.513 e. The first-order valence-corrected chi connectivity index (χ1v) is 9.75. The van der Waals surface area contributed by atoms with Gasteiger partial charge in [-0.15, -0.1) is 0 Å². The number of carbonyl (C=O) groups excluding carboxylic acids is 1. The van der Waals surface area contributed by atoms with Crippen molar-refractivity contribution in [2.45, 2.75) is 58.3 Å². The van der Waals surface area contributed by atoms with E-state index in [1.165, 1.54) is 36.8 Å². The molecule has 0 aliphatic carbocycles. The molecule has 0 bridgehead atoms. The van der Waals surface area contributed by atoms with Crippen molar-refractivity contribution in [2.24, 2.45) is 0 Å². The summed E-state index contributed by atoms with van der Waals surface area (Å²) in [4.78, 5) is 11.7. The average Bonchev–Trinajstić information content (AvgIpc) is 2.67. The molecule has 0 saturated carbocycles. The van der Waals surface area contributed by atoms with Crippen LogP contribution < -0.4 is 4.74 Å². The van der Waals surface area contributed by atoms with Crippen molar-refractivity contribution in [3.8, 4) is 5.75 Å². The molecule has 0 aliphatic rings. The van der Waals surface area contributed by atoms with Gasteiger partial charge in [-0.25, -0.2) is 4.79 Å². The Hall–Kier alpha value is -2.29. The molecule has 3 heteroatoms. The maximum atomic E-state index is 11.7. The van der Waals surface area contributed by atoms with Crippen molar-refractivity contribution in [3.05, 3.63) is 65.7 Å². The van der Waals surface area contributed by atoms with Crippen LogP contribution in [0.1, 0.15) is 56.6 Å². The van der Waals surface area contributed by atoms with Gasteiger partial charge in [0.2, 0.25) is 0 Å². The fourth-order valence-electron chi connectivity index (χ4n) is 2.84. The van der Waals surface area contributed by atoms with Crippen LogP contribution in [0, 0.1) is 0 Å². The molecule has 140 valence electrons. The van der Waals surface area contributed by atoms with Gasteiger partial charge in [-0.2, -0.15) is 0 Å². The SMILES string of the molecule is CCCCCCc1ccc(OC(=O)OCCCCc2ccccc2)cc1. The van der Waals surface area contributed by atoms with Gasteiger partial charge in [-0.1, -0.05) is 68.7 Å². The summed E-state index contributed by atoms with van der Waals surface area (Å²) < 4.78 is 10.4. The summed E-state index contributed by atoms with van der Waals surface area (Å²) >= 11 is 0. The number of hydrogen-bond donors (Lipinski definition) is 0. The average molecular weight is 354 g/mol. The molecule has 0 saturated heterocycles. The molecule has 0 aliphatic heterocycles. The van der Waals surface area contributed by atoms with Gasteiger partial charge >= 0.3 is 6.16 Å². The second kappa shape index (κ2) is 12.1. The summed E-state index contributed by atoms with van der Waals surface area (Å²) in [5.74, 6) is 0.539. The van der Waals surface area contributed by atoms with Gasteiger partial charge < -0.3 is 9.47 Å². The lowest BCUT2D eigenvalue weighted by atomic mass is 10.1. The molecule has 0 atom stereocenters. The topological polar surface area (TPSA) is 35.5 Å². The van der Waals surface area contributed by atoms with E-state index in [9.17, 15) is 4.79 Å². The molecule has 3 nitrogen and oxygen atoms in total. The fourth-order valence-corrected chi connectivity index (χ4v) is 2.84. The summed E-state index contributed by atoms with van der Waals surface area (Å²) in [6.07, 6.45) is 8.29. The van der Waals surface area contributed by atoms with E-state index in [4.69, 9.17) is 9.47 Å². The first-order valence-electron chi connectivity index (χ1n) is 9.75. The quantitative estimate of drug-likeness (QED) is 0.268. The van der Waals surface area contributed by atoms with Crippen LogP contribution in [-0.4, -0.2) is 12.8 Å². The fraction of sp³-hybridized carbons (Fsp3) is 0.435. The minimum atomic E-state index is -0.625. The van der Waals surface area contributed by atoms with Gasteiger partial charge in [0.15, 0.2) is 0 Å². The summed E-state index contributed by atoms with van der Waals surface area (Å²) in [7, 11) is 0. The van der Waals surface area contributed by atoms with Crippen molar-refractivity contribution in [1.82, 2.24) is 0 Å². The molecule has 0 amide bonds. The molecular weight excluding hydrogens is 324 g/mol. The van der Waals surface area contributed by atoms with Gasteiger partial charge in [0, 0.05) is 0 Å². The monoisotopic (exact) mass is 354 g/mol. The maximum absolute atomic E-state index is 11.7. The summed E-state index contributed by atoms with van der Waals surface area (Å²) in [6, 6.07) is 18.0. The third-order valence-corrected chi connectivity index (χ3v) is 4.37. The van der Waals surface area contributed by atoms with E-state index < -0.39 is 6.16 Å². The number of hydrogen-bond acceptors (Lipinski definition) is 3. The van der Waals surface area contributed by atoms with Crippen molar-refractivity contribution in [3.63, 3.8) is 0 Å². The third-order valence-electron chi connectivity index (χ3n) is 4.37. The van der Waals surface area contributed by atoms with Gasteiger partial charge in [0.1, 0.15) is 5.75 Å². The first kappa shape index (κ1) is 20.0. The van der Waals surface area contributed by atoms with Crippen molar-refractivity contribution < 1.29 is 14.3 Å². The molecule has 0 spiro atoms. The minimum Gasteiger partial charge on any atom is -0.434 e. The zero-order valence-corrected chi connectivity index (χ0v) is 15.8. The van der Waals surface area contributed by atoms with E-state index >= 15 is 0 Å². The van der Waals surface area contributed by atoms with Crippen LogP contribution in [0.5, 0.6) is 5.75 Å². The second-order valence-electron chi connectivity index (χ2n) is 6.60.